The molecule has 19 heavy (non-hydrogen) atoms. The van der Waals surface area contributed by atoms with Gasteiger partial charge in [-0.15, -0.1) is 0 Å². The summed E-state index contributed by atoms with van der Waals surface area (Å²) in [5.74, 6) is 0.754. The molecule has 2 aromatic rings. The number of carbonyl (C=O) groups excluding carboxylic acids is 1. The van der Waals surface area contributed by atoms with E-state index in [1.54, 1.807) is 22.8 Å². The Morgan fingerprint density at radius 3 is 2.58 bits per heavy atom. The SMILES string of the molecule is Cc1cnc(CN(C)C(=O)c2c(C)nn(C)c2C)[nH]1. The molecule has 0 fully saturated rings. The van der Waals surface area contributed by atoms with E-state index in [2.05, 4.69) is 15.1 Å². The number of aryl methyl sites for hydroxylation is 3. The van der Waals surface area contributed by atoms with Crippen LogP contribution in [0.25, 0.3) is 0 Å². The maximum atomic E-state index is 12.4. The van der Waals surface area contributed by atoms with Gasteiger partial charge in [-0.25, -0.2) is 4.98 Å². The van der Waals surface area contributed by atoms with Gasteiger partial charge in [0.05, 0.1) is 17.8 Å². The van der Waals surface area contributed by atoms with Gasteiger partial charge >= 0.3 is 0 Å². The lowest BCUT2D eigenvalue weighted by molar-refractivity contribution is 0.0780. The van der Waals surface area contributed by atoms with E-state index in [9.17, 15) is 4.79 Å². The van der Waals surface area contributed by atoms with Crippen molar-refractivity contribution >= 4 is 5.91 Å². The number of H-pyrrole nitrogens is 1. The Morgan fingerprint density at radius 2 is 2.11 bits per heavy atom. The van der Waals surface area contributed by atoms with Crippen LogP contribution in [-0.2, 0) is 13.6 Å². The molecule has 6 nitrogen and oxygen atoms in total. The molecular formula is C13H19N5O. The number of imidazole rings is 1. The molecule has 1 N–H and O–H groups in total. The molecule has 102 valence electrons. The van der Waals surface area contributed by atoms with Gasteiger partial charge in [0.25, 0.3) is 5.91 Å². The normalized spacial score (nSPS) is 10.8. The fourth-order valence-corrected chi connectivity index (χ4v) is 2.12. The zero-order valence-corrected chi connectivity index (χ0v) is 12.0. The van der Waals surface area contributed by atoms with Gasteiger partial charge in [0, 0.05) is 31.7 Å². The number of hydrogen-bond donors (Lipinski definition) is 1. The van der Waals surface area contributed by atoms with Crippen molar-refractivity contribution in [3.05, 3.63) is 34.7 Å². The quantitative estimate of drug-likeness (QED) is 0.906. The Balaban J connectivity index is 2.19. The summed E-state index contributed by atoms with van der Waals surface area (Å²) in [5, 5.41) is 4.27. The van der Waals surface area contributed by atoms with Gasteiger partial charge in [-0.05, 0) is 20.8 Å². The van der Waals surface area contributed by atoms with E-state index in [0.717, 1.165) is 22.9 Å². The first-order valence-corrected chi connectivity index (χ1v) is 6.16. The average molecular weight is 261 g/mol. The summed E-state index contributed by atoms with van der Waals surface area (Å²) < 4.78 is 1.73. The lowest BCUT2D eigenvalue weighted by atomic mass is 10.1. The molecule has 0 aliphatic heterocycles. The van der Waals surface area contributed by atoms with Crippen molar-refractivity contribution < 1.29 is 4.79 Å². The van der Waals surface area contributed by atoms with Gasteiger partial charge in [-0.3, -0.25) is 9.48 Å². The average Bonchev–Trinajstić information content (AvgIpc) is 2.84. The number of nitrogens with one attached hydrogen (secondary N) is 1. The molecule has 0 unspecified atom stereocenters. The van der Waals surface area contributed by atoms with Crippen LogP contribution in [0, 0.1) is 20.8 Å². The smallest absolute Gasteiger partial charge is 0.257 e. The van der Waals surface area contributed by atoms with Crippen LogP contribution in [0.5, 0.6) is 0 Å². The van der Waals surface area contributed by atoms with Gasteiger partial charge in [-0.2, -0.15) is 5.10 Å². The van der Waals surface area contributed by atoms with Crippen LogP contribution in [0.1, 0.15) is 33.3 Å². The topological polar surface area (TPSA) is 66.8 Å². The van der Waals surface area contributed by atoms with Gasteiger partial charge in [-0.1, -0.05) is 0 Å². The third-order valence-corrected chi connectivity index (χ3v) is 3.21. The number of aromatic nitrogens is 4. The third kappa shape index (κ3) is 2.52. The minimum Gasteiger partial charge on any atom is -0.345 e. The van der Waals surface area contributed by atoms with E-state index in [4.69, 9.17) is 0 Å². The third-order valence-electron chi connectivity index (χ3n) is 3.21. The first kappa shape index (κ1) is 13.3. The number of rotatable bonds is 3. The maximum Gasteiger partial charge on any atom is 0.257 e. The van der Waals surface area contributed by atoms with Crippen molar-refractivity contribution in [2.24, 2.45) is 7.05 Å². The summed E-state index contributed by atoms with van der Waals surface area (Å²) in [6.07, 6.45) is 1.76. The molecular weight excluding hydrogens is 242 g/mol. The van der Waals surface area contributed by atoms with Gasteiger partial charge < -0.3 is 9.88 Å². The van der Waals surface area contributed by atoms with Crippen LogP contribution in [0.3, 0.4) is 0 Å². The molecule has 0 atom stereocenters. The largest absolute Gasteiger partial charge is 0.345 e. The summed E-state index contributed by atoms with van der Waals surface area (Å²) in [4.78, 5) is 21.4. The predicted octanol–water partition coefficient (Wildman–Crippen LogP) is 1.34. The highest BCUT2D eigenvalue weighted by Gasteiger charge is 2.21. The monoisotopic (exact) mass is 261 g/mol. The molecule has 0 saturated heterocycles. The van der Waals surface area contributed by atoms with Gasteiger partial charge in [0.15, 0.2) is 0 Å². The van der Waals surface area contributed by atoms with Crippen molar-refractivity contribution in [1.82, 2.24) is 24.6 Å². The second kappa shape index (κ2) is 4.87. The molecule has 2 rings (SSSR count). The molecule has 0 bridgehead atoms. The highest BCUT2D eigenvalue weighted by atomic mass is 16.2. The molecule has 0 aromatic carbocycles. The van der Waals surface area contributed by atoms with E-state index in [1.165, 1.54) is 0 Å². The number of aromatic amines is 1. The summed E-state index contributed by atoms with van der Waals surface area (Å²) in [7, 11) is 3.61. The second-order valence-corrected chi connectivity index (χ2v) is 4.84. The predicted molar refractivity (Wildman–Crippen MR) is 71.8 cm³/mol. The molecule has 0 aliphatic rings. The van der Waals surface area contributed by atoms with Crippen LogP contribution < -0.4 is 0 Å². The van der Waals surface area contributed by atoms with E-state index < -0.39 is 0 Å². The number of carbonyl (C=O) groups is 1. The lowest BCUT2D eigenvalue weighted by Crippen LogP contribution is -2.27. The van der Waals surface area contributed by atoms with Gasteiger partial charge in [0.1, 0.15) is 5.82 Å². The van der Waals surface area contributed by atoms with Crippen molar-refractivity contribution in [3.8, 4) is 0 Å². The molecule has 0 spiro atoms. The Morgan fingerprint density at radius 1 is 1.42 bits per heavy atom. The molecule has 0 saturated carbocycles. The van der Waals surface area contributed by atoms with Crippen LogP contribution in [0.15, 0.2) is 6.20 Å². The Hall–Kier alpha value is -2.11. The van der Waals surface area contributed by atoms with E-state index in [-0.39, 0.29) is 5.91 Å². The Labute approximate surface area is 112 Å². The van der Waals surface area contributed by atoms with Crippen LogP contribution >= 0.6 is 0 Å². The van der Waals surface area contributed by atoms with E-state index in [1.807, 2.05) is 27.8 Å². The standard InChI is InChI=1S/C13H19N5O/c1-8-6-14-11(15-8)7-17(4)13(19)12-9(2)16-18(5)10(12)3/h6H,7H2,1-5H3,(H,14,15). The Bertz CT molecular complexity index is 611. The Kier molecular flexibility index (Phi) is 3.42. The fourth-order valence-electron chi connectivity index (χ4n) is 2.12. The van der Waals surface area contributed by atoms with Crippen LogP contribution in [0.4, 0.5) is 0 Å². The van der Waals surface area contributed by atoms with E-state index in [0.29, 0.717) is 12.1 Å². The number of hydrogen-bond acceptors (Lipinski definition) is 3. The summed E-state index contributed by atoms with van der Waals surface area (Å²) in [6.45, 7) is 6.15. The van der Waals surface area contributed by atoms with Crippen molar-refractivity contribution in [3.63, 3.8) is 0 Å². The van der Waals surface area contributed by atoms with E-state index >= 15 is 0 Å². The molecule has 2 aromatic heterocycles. The zero-order chi connectivity index (χ0) is 14.2. The zero-order valence-electron chi connectivity index (χ0n) is 12.0. The highest BCUT2D eigenvalue weighted by Crippen LogP contribution is 2.15. The molecule has 0 radical (unpaired) electrons. The fraction of sp³-hybridized carbons (Fsp3) is 0.462. The summed E-state index contributed by atoms with van der Waals surface area (Å²) >= 11 is 0. The summed E-state index contributed by atoms with van der Waals surface area (Å²) in [6, 6.07) is 0. The maximum absolute atomic E-state index is 12.4. The van der Waals surface area contributed by atoms with Crippen LogP contribution in [0.2, 0.25) is 0 Å². The first-order valence-electron chi connectivity index (χ1n) is 6.16. The minimum atomic E-state index is -0.0304. The van der Waals surface area contributed by atoms with Gasteiger partial charge in [0.2, 0.25) is 0 Å². The number of nitrogens with zero attached hydrogens (tertiary/aromatic N) is 4. The molecule has 1 amide bonds. The van der Waals surface area contributed by atoms with Crippen molar-refractivity contribution in [2.45, 2.75) is 27.3 Å². The lowest BCUT2D eigenvalue weighted by Gasteiger charge is -2.16. The van der Waals surface area contributed by atoms with Crippen molar-refractivity contribution in [1.29, 1.82) is 0 Å². The minimum absolute atomic E-state index is 0.0304. The molecule has 6 heteroatoms. The molecule has 2 heterocycles. The highest BCUT2D eigenvalue weighted by molar-refractivity contribution is 5.96. The molecule has 0 aliphatic carbocycles. The van der Waals surface area contributed by atoms with Crippen LogP contribution in [-0.4, -0.2) is 37.6 Å². The number of amides is 1. The van der Waals surface area contributed by atoms with Crippen molar-refractivity contribution in [2.75, 3.05) is 7.05 Å². The first-order chi connectivity index (χ1) is 8.90. The second-order valence-electron chi connectivity index (χ2n) is 4.84. The summed E-state index contributed by atoms with van der Waals surface area (Å²) in [5.41, 5.74) is 3.30.